The smallest absolute Gasteiger partial charge is 0.232 e. The van der Waals surface area contributed by atoms with Crippen molar-refractivity contribution in [3.63, 3.8) is 0 Å². The van der Waals surface area contributed by atoms with Crippen LogP contribution < -0.4 is 25.4 Å². The molecule has 1 heterocycles. The summed E-state index contributed by atoms with van der Waals surface area (Å²) in [6.07, 6.45) is 1.93. The van der Waals surface area contributed by atoms with Crippen molar-refractivity contribution in [2.45, 2.75) is 31.3 Å². The van der Waals surface area contributed by atoms with E-state index in [0.29, 0.717) is 18.0 Å². The number of amides is 1. The summed E-state index contributed by atoms with van der Waals surface area (Å²) in [6, 6.07) is 23.6. The van der Waals surface area contributed by atoms with E-state index >= 15 is 0 Å². The number of ether oxygens (including phenoxy) is 2. The van der Waals surface area contributed by atoms with Crippen molar-refractivity contribution in [3.05, 3.63) is 83.9 Å². The highest BCUT2D eigenvalue weighted by Gasteiger charge is 2.51. The zero-order chi connectivity index (χ0) is 23.3. The van der Waals surface area contributed by atoms with Crippen LogP contribution >= 0.6 is 0 Å². The maximum atomic E-state index is 13.8. The van der Waals surface area contributed by atoms with E-state index in [4.69, 9.17) is 9.47 Å². The Hall–Kier alpha value is -3.67. The molecule has 3 aromatic rings. The Morgan fingerprint density at radius 2 is 1.58 bits per heavy atom. The van der Waals surface area contributed by atoms with Crippen LogP contribution in [0.25, 0.3) is 0 Å². The summed E-state index contributed by atoms with van der Waals surface area (Å²) in [5.74, 6) is 0.526. The summed E-state index contributed by atoms with van der Waals surface area (Å²) < 4.78 is 11.4. The Morgan fingerprint density at radius 3 is 2.18 bits per heavy atom. The first kappa shape index (κ1) is 22.5. The van der Waals surface area contributed by atoms with Crippen molar-refractivity contribution in [2.24, 2.45) is 0 Å². The molecule has 0 saturated heterocycles. The average Bonchev–Trinajstić information content (AvgIpc) is 3.24. The van der Waals surface area contributed by atoms with Crippen molar-refractivity contribution in [3.8, 4) is 11.5 Å². The van der Waals surface area contributed by atoms with Gasteiger partial charge in [0, 0.05) is 12.1 Å². The van der Waals surface area contributed by atoms with E-state index in [0.717, 1.165) is 35.3 Å². The molecule has 4 rings (SSSR count). The quantitative estimate of drug-likeness (QED) is 0.400. The molecular weight excluding hydrogens is 414 g/mol. The van der Waals surface area contributed by atoms with Gasteiger partial charge in [0.2, 0.25) is 5.91 Å². The van der Waals surface area contributed by atoms with Gasteiger partial charge in [-0.15, -0.1) is 0 Å². The fraction of sp³-hybridized carbons (Fsp3) is 0.296. The molecule has 0 saturated carbocycles. The average molecular weight is 446 g/mol. The molecule has 1 unspecified atom stereocenters. The first-order valence-electron chi connectivity index (χ1n) is 11.3. The lowest BCUT2D eigenvalue weighted by atomic mass is 9.79. The Morgan fingerprint density at radius 1 is 0.909 bits per heavy atom. The number of carbonyl (C=O) groups excluding carboxylic acids is 1. The highest BCUT2D eigenvalue weighted by Crippen LogP contribution is 2.51. The van der Waals surface area contributed by atoms with Crippen LogP contribution in [0.5, 0.6) is 11.5 Å². The SMILES string of the molecule is CCCCNC(=O)C(c1ccccc1)C1(c2cccc(OC)c2OC)Nc2ccccc2N1. The molecule has 0 bridgehead atoms. The number of methoxy groups -OCH3 is 2. The van der Waals surface area contributed by atoms with Gasteiger partial charge in [-0.05, 0) is 30.2 Å². The maximum absolute atomic E-state index is 13.8. The summed E-state index contributed by atoms with van der Waals surface area (Å²) in [4.78, 5) is 13.8. The standard InChI is InChI=1S/C27H31N3O3/c1-4-5-18-28-26(31)24(19-12-7-6-8-13-19)27(29-21-15-9-10-16-22(21)30-27)20-14-11-17-23(32-2)25(20)33-3/h6-17,24,29-30H,4-5,18H2,1-3H3,(H,28,31). The Bertz CT molecular complexity index is 1080. The minimum atomic E-state index is -0.999. The predicted molar refractivity (Wildman–Crippen MR) is 132 cm³/mol. The molecule has 3 N–H and O–H groups in total. The molecule has 1 aliphatic rings. The van der Waals surface area contributed by atoms with Crippen LogP contribution in [0.1, 0.15) is 36.8 Å². The van der Waals surface area contributed by atoms with Gasteiger partial charge in [0.05, 0.1) is 25.6 Å². The summed E-state index contributed by atoms with van der Waals surface area (Å²) in [5, 5.41) is 10.5. The highest BCUT2D eigenvalue weighted by molar-refractivity contribution is 5.90. The molecule has 0 spiro atoms. The lowest BCUT2D eigenvalue weighted by Gasteiger charge is -2.39. The van der Waals surface area contributed by atoms with E-state index in [2.05, 4.69) is 22.9 Å². The number of hydrogen-bond acceptors (Lipinski definition) is 5. The number of carbonyl (C=O) groups is 1. The second-order valence-electron chi connectivity index (χ2n) is 8.13. The van der Waals surface area contributed by atoms with E-state index in [9.17, 15) is 4.79 Å². The fourth-order valence-corrected chi connectivity index (χ4v) is 4.52. The Labute approximate surface area is 195 Å². The van der Waals surface area contributed by atoms with Gasteiger partial charge in [0.1, 0.15) is 5.92 Å². The van der Waals surface area contributed by atoms with Crippen LogP contribution in [0, 0.1) is 0 Å². The molecular formula is C27H31N3O3. The molecule has 1 aliphatic heterocycles. The number of benzene rings is 3. The number of para-hydroxylation sites is 3. The summed E-state index contributed by atoms with van der Waals surface area (Å²) in [6.45, 7) is 2.73. The van der Waals surface area contributed by atoms with Crippen LogP contribution in [-0.2, 0) is 10.5 Å². The zero-order valence-electron chi connectivity index (χ0n) is 19.4. The molecule has 6 heteroatoms. The number of nitrogens with one attached hydrogen (secondary N) is 3. The molecule has 0 aromatic heterocycles. The summed E-state index contributed by atoms with van der Waals surface area (Å²) in [5.41, 5.74) is 2.53. The van der Waals surface area contributed by atoms with E-state index < -0.39 is 11.6 Å². The third kappa shape index (κ3) is 4.21. The van der Waals surface area contributed by atoms with E-state index in [1.165, 1.54) is 0 Å². The van der Waals surface area contributed by atoms with Gasteiger partial charge in [-0.3, -0.25) is 4.79 Å². The van der Waals surface area contributed by atoms with Crippen molar-refractivity contribution >= 4 is 17.3 Å². The van der Waals surface area contributed by atoms with Crippen LogP contribution in [0.3, 0.4) is 0 Å². The lowest BCUT2D eigenvalue weighted by molar-refractivity contribution is -0.123. The van der Waals surface area contributed by atoms with Gasteiger partial charge in [-0.2, -0.15) is 0 Å². The molecule has 1 atom stereocenters. The highest BCUT2D eigenvalue weighted by atomic mass is 16.5. The first-order chi connectivity index (χ1) is 16.1. The van der Waals surface area contributed by atoms with E-state index in [-0.39, 0.29) is 5.91 Å². The first-order valence-corrected chi connectivity index (χ1v) is 11.3. The second-order valence-corrected chi connectivity index (χ2v) is 8.13. The van der Waals surface area contributed by atoms with Crippen LogP contribution in [0.4, 0.5) is 11.4 Å². The summed E-state index contributed by atoms with van der Waals surface area (Å²) >= 11 is 0. The van der Waals surface area contributed by atoms with Crippen LogP contribution in [-0.4, -0.2) is 26.7 Å². The third-order valence-corrected chi connectivity index (χ3v) is 6.08. The Balaban J connectivity index is 1.93. The molecule has 6 nitrogen and oxygen atoms in total. The van der Waals surface area contributed by atoms with E-state index in [1.807, 2.05) is 72.8 Å². The van der Waals surface area contributed by atoms with E-state index in [1.54, 1.807) is 14.2 Å². The largest absolute Gasteiger partial charge is 0.493 e. The van der Waals surface area contributed by atoms with Crippen molar-refractivity contribution in [2.75, 3.05) is 31.4 Å². The number of unbranched alkanes of at least 4 members (excludes halogenated alkanes) is 1. The van der Waals surface area contributed by atoms with Gasteiger partial charge in [0.15, 0.2) is 17.2 Å². The van der Waals surface area contributed by atoms with Crippen molar-refractivity contribution < 1.29 is 14.3 Å². The second kappa shape index (κ2) is 9.86. The Kier molecular flexibility index (Phi) is 6.73. The normalized spacial score (nSPS) is 14.4. The molecule has 0 radical (unpaired) electrons. The third-order valence-electron chi connectivity index (χ3n) is 6.08. The van der Waals surface area contributed by atoms with Gasteiger partial charge < -0.3 is 25.4 Å². The minimum Gasteiger partial charge on any atom is -0.493 e. The van der Waals surface area contributed by atoms with Crippen LogP contribution in [0.2, 0.25) is 0 Å². The molecule has 172 valence electrons. The molecule has 0 aliphatic carbocycles. The minimum absolute atomic E-state index is 0.0627. The van der Waals surface area contributed by atoms with Gasteiger partial charge in [-0.1, -0.05) is 67.9 Å². The monoisotopic (exact) mass is 445 g/mol. The number of rotatable bonds is 9. The predicted octanol–water partition coefficient (Wildman–Crippen LogP) is 5.09. The molecule has 0 fully saturated rings. The fourth-order valence-electron chi connectivity index (χ4n) is 4.52. The number of fused-ring (bicyclic) bond motifs is 1. The zero-order valence-corrected chi connectivity index (χ0v) is 19.4. The van der Waals surface area contributed by atoms with Gasteiger partial charge in [-0.25, -0.2) is 0 Å². The molecule has 33 heavy (non-hydrogen) atoms. The molecule has 3 aromatic carbocycles. The molecule has 1 amide bonds. The van der Waals surface area contributed by atoms with Crippen molar-refractivity contribution in [1.29, 1.82) is 0 Å². The summed E-state index contributed by atoms with van der Waals surface area (Å²) in [7, 11) is 3.24. The van der Waals surface area contributed by atoms with Gasteiger partial charge in [0.25, 0.3) is 0 Å². The van der Waals surface area contributed by atoms with Gasteiger partial charge >= 0.3 is 0 Å². The number of hydrogen-bond donors (Lipinski definition) is 3. The number of anilines is 2. The van der Waals surface area contributed by atoms with Crippen LogP contribution in [0.15, 0.2) is 72.8 Å². The topological polar surface area (TPSA) is 71.6 Å². The van der Waals surface area contributed by atoms with Crippen molar-refractivity contribution in [1.82, 2.24) is 5.32 Å². The maximum Gasteiger partial charge on any atom is 0.232 e. The lowest BCUT2D eigenvalue weighted by Crippen LogP contribution is -2.51.